The maximum Gasteiger partial charge on any atom is 0.472 e. The van der Waals surface area contributed by atoms with Crippen molar-refractivity contribution in [2.24, 2.45) is 0 Å². The first kappa shape index (κ1) is 74.7. The van der Waals surface area contributed by atoms with E-state index in [-0.39, 0.29) is 25.9 Å². The lowest BCUT2D eigenvalue weighted by Crippen LogP contribution is -2.30. The summed E-state index contributed by atoms with van der Waals surface area (Å²) in [5, 5.41) is 9.85. The Morgan fingerprint density at radius 3 is 1.05 bits per heavy atom. The molecule has 0 aromatic carbocycles. The van der Waals surface area contributed by atoms with Crippen LogP contribution in [0.3, 0.4) is 0 Å². The Bertz CT molecular complexity index is 1630. The highest BCUT2D eigenvalue weighted by molar-refractivity contribution is 7.47. The molecule has 0 saturated carbocycles. The van der Waals surface area contributed by atoms with Crippen LogP contribution >= 0.6 is 7.82 Å². The maximum atomic E-state index is 12.9. The van der Waals surface area contributed by atoms with Crippen LogP contribution in [0.2, 0.25) is 0 Å². The SMILES string of the molecule is CC/C=C\C/C=C\C/C=C\C/C=C\C/C=C\CCCCCC(=O)OC(COC(=O)CCCCCCC/C=C\CCCCCCCC)COP(=O)(O)OCC(CO)OC(=O)CCCCCCCCC/C=C\CCCCCCCC. The third kappa shape index (κ3) is 57.3. The van der Waals surface area contributed by atoms with Crippen molar-refractivity contribution >= 4 is 25.7 Å². The Kier molecular flexibility index (Phi) is 57.2. The van der Waals surface area contributed by atoms with Gasteiger partial charge in [-0.05, 0) is 116 Å². The summed E-state index contributed by atoms with van der Waals surface area (Å²) in [7, 11) is -4.77. The van der Waals surface area contributed by atoms with Crippen molar-refractivity contribution in [1.82, 2.24) is 0 Å². The van der Waals surface area contributed by atoms with Crippen molar-refractivity contribution < 1.29 is 52.2 Å². The fraction of sp³-hybridized carbons (Fsp3) is 0.742. The van der Waals surface area contributed by atoms with Gasteiger partial charge in [0.1, 0.15) is 12.7 Å². The van der Waals surface area contributed by atoms with Crippen molar-refractivity contribution in [2.45, 2.75) is 290 Å². The number of aliphatic hydroxyl groups excluding tert-OH is 1. The largest absolute Gasteiger partial charge is 0.472 e. The lowest BCUT2D eigenvalue weighted by Gasteiger charge is -2.21. The number of ether oxygens (including phenoxy) is 3. The van der Waals surface area contributed by atoms with E-state index in [0.29, 0.717) is 19.3 Å². The predicted octanol–water partition coefficient (Wildman–Crippen LogP) is 19.0. The Morgan fingerprint density at radius 1 is 0.372 bits per heavy atom. The molecule has 0 fully saturated rings. The minimum Gasteiger partial charge on any atom is -0.462 e. The topological polar surface area (TPSA) is 155 Å². The molecule has 0 rings (SSSR count). The third-order valence-electron chi connectivity index (χ3n) is 13.3. The van der Waals surface area contributed by atoms with E-state index < -0.39 is 57.8 Å². The maximum absolute atomic E-state index is 12.9. The molecule has 450 valence electrons. The molecule has 0 heterocycles. The zero-order valence-electron chi connectivity index (χ0n) is 49.9. The molecule has 3 unspecified atom stereocenters. The minimum atomic E-state index is -4.77. The number of hydrogen-bond acceptors (Lipinski definition) is 10. The average Bonchev–Trinajstić information content (AvgIpc) is 3.43. The van der Waals surface area contributed by atoms with E-state index in [1.807, 2.05) is 0 Å². The van der Waals surface area contributed by atoms with Gasteiger partial charge in [-0.25, -0.2) is 4.57 Å². The van der Waals surface area contributed by atoms with Gasteiger partial charge in [-0.15, -0.1) is 0 Å². The summed E-state index contributed by atoms with van der Waals surface area (Å²) in [5.74, 6) is -1.51. The first-order chi connectivity index (χ1) is 38.2. The van der Waals surface area contributed by atoms with Crippen LogP contribution in [0.25, 0.3) is 0 Å². The standard InChI is InChI=1S/C66H115O11P/c1-4-7-10-13-16-19-22-25-28-30-31-33-36-39-42-45-48-51-54-57-66(70)77-63(59-73-64(68)55-52-49-46-43-40-37-34-27-24-21-18-15-12-9-6-3)61-75-78(71,72)74-60-62(58-67)76-65(69)56-53-50-47-44-41-38-35-32-29-26-23-20-17-14-11-8-5-2/h7,10,16,19,25-29,31,33-34,39,42,62-63,67H,4-6,8-9,11-15,17-18,20-24,30,32,35-38,40-41,43-61H2,1-3H3,(H,71,72)/b10-7-,19-16-,28-25-,29-26-,33-31-,34-27-,42-39-. The number of phosphoric ester groups is 1. The summed E-state index contributed by atoms with van der Waals surface area (Å²) in [6.45, 7) is 4.50. The first-order valence-electron chi connectivity index (χ1n) is 31.5. The van der Waals surface area contributed by atoms with Gasteiger partial charge >= 0.3 is 25.7 Å². The normalized spacial score (nSPS) is 13.9. The number of unbranched alkanes of at least 4 members (excludes halogenated alkanes) is 27. The fourth-order valence-electron chi connectivity index (χ4n) is 8.49. The van der Waals surface area contributed by atoms with Crippen molar-refractivity contribution in [3.8, 4) is 0 Å². The Labute approximate surface area is 477 Å². The van der Waals surface area contributed by atoms with Crippen LogP contribution in [0.4, 0.5) is 0 Å². The number of aliphatic hydroxyl groups is 1. The number of esters is 3. The number of allylic oxidation sites excluding steroid dienone is 14. The summed E-state index contributed by atoms with van der Waals surface area (Å²) in [6.07, 6.45) is 69.6. The van der Waals surface area contributed by atoms with Crippen molar-refractivity contribution in [3.63, 3.8) is 0 Å². The predicted molar refractivity (Wildman–Crippen MR) is 325 cm³/mol. The molecule has 0 aliphatic carbocycles. The van der Waals surface area contributed by atoms with E-state index in [1.54, 1.807) is 0 Å². The highest BCUT2D eigenvalue weighted by atomic mass is 31.2. The molecule has 0 bridgehead atoms. The average molecular weight is 1120 g/mol. The van der Waals surface area contributed by atoms with Crippen LogP contribution in [0.5, 0.6) is 0 Å². The molecule has 11 nitrogen and oxygen atoms in total. The molecule has 12 heteroatoms. The molecular formula is C66H115O11P. The number of phosphoric acid groups is 1. The smallest absolute Gasteiger partial charge is 0.462 e. The summed E-state index contributed by atoms with van der Waals surface area (Å²) in [4.78, 5) is 48.7. The van der Waals surface area contributed by atoms with E-state index in [9.17, 15) is 28.9 Å². The van der Waals surface area contributed by atoms with E-state index in [1.165, 1.54) is 103 Å². The molecule has 0 spiro atoms. The van der Waals surface area contributed by atoms with E-state index >= 15 is 0 Å². The summed E-state index contributed by atoms with van der Waals surface area (Å²) >= 11 is 0. The Hall–Kier alpha value is -3.34. The summed E-state index contributed by atoms with van der Waals surface area (Å²) in [5.41, 5.74) is 0. The van der Waals surface area contributed by atoms with Gasteiger partial charge in [-0.1, -0.05) is 228 Å². The number of hydrogen-bond donors (Lipinski definition) is 2. The number of carbonyl (C=O) groups is 3. The van der Waals surface area contributed by atoms with Crippen LogP contribution in [0.1, 0.15) is 278 Å². The molecule has 0 aromatic rings. The van der Waals surface area contributed by atoms with Gasteiger partial charge in [-0.2, -0.15) is 0 Å². The van der Waals surface area contributed by atoms with Gasteiger partial charge in [0.15, 0.2) is 6.10 Å². The molecule has 0 aromatic heterocycles. The van der Waals surface area contributed by atoms with Gasteiger partial charge in [0, 0.05) is 19.3 Å². The molecule has 0 saturated heterocycles. The number of rotatable bonds is 58. The molecule has 2 N–H and O–H groups in total. The van der Waals surface area contributed by atoms with Gasteiger partial charge in [0.2, 0.25) is 0 Å². The quantitative estimate of drug-likeness (QED) is 0.0197. The molecule has 0 radical (unpaired) electrons. The second kappa shape index (κ2) is 59.8. The second-order valence-corrected chi connectivity index (χ2v) is 22.3. The summed E-state index contributed by atoms with van der Waals surface area (Å²) < 4.78 is 39.6. The first-order valence-corrected chi connectivity index (χ1v) is 33.0. The van der Waals surface area contributed by atoms with Crippen molar-refractivity contribution in [3.05, 3.63) is 85.1 Å². The third-order valence-corrected chi connectivity index (χ3v) is 14.2. The van der Waals surface area contributed by atoms with E-state index in [2.05, 4.69) is 106 Å². The highest BCUT2D eigenvalue weighted by Crippen LogP contribution is 2.43. The fourth-order valence-corrected chi connectivity index (χ4v) is 9.27. The van der Waals surface area contributed by atoms with E-state index in [4.69, 9.17) is 23.3 Å². The van der Waals surface area contributed by atoms with Gasteiger partial charge in [0.25, 0.3) is 0 Å². The van der Waals surface area contributed by atoms with Crippen LogP contribution in [-0.4, -0.2) is 66.5 Å². The minimum absolute atomic E-state index is 0.124. The monoisotopic (exact) mass is 1110 g/mol. The van der Waals surface area contributed by atoms with Crippen molar-refractivity contribution in [2.75, 3.05) is 26.4 Å². The summed E-state index contributed by atoms with van der Waals surface area (Å²) in [6, 6.07) is 0. The van der Waals surface area contributed by atoms with Gasteiger partial charge in [-0.3, -0.25) is 23.4 Å². The molecule has 78 heavy (non-hydrogen) atoms. The second-order valence-electron chi connectivity index (χ2n) is 20.8. The molecule has 0 aliphatic rings. The highest BCUT2D eigenvalue weighted by Gasteiger charge is 2.28. The van der Waals surface area contributed by atoms with Crippen LogP contribution in [-0.2, 0) is 42.2 Å². The molecule has 3 atom stereocenters. The Balaban J connectivity index is 4.76. The molecular weight excluding hydrogens is 1000 g/mol. The van der Waals surface area contributed by atoms with E-state index in [0.717, 1.165) is 116 Å². The molecule has 0 aliphatic heterocycles. The lowest BCUT2D eigenvalue weighted by molar-refractivity contribution is -0.161. The Morgan fingerprint density at radius 2 is 0.667 bits per heavy atom. The zero-order chi connectivity index (χ0) is 56.9. The zero-order valence-corrected chi connectivity index (χ0v) is 50.8. The molecule has 0 amide bonds. The van der Waals surface area contributed by atoms with Crippen LogP contribution in [0.15, 0.2) is 85.1 Å². The van der Waals surface area contributed by atoms with Gasteiger partial charge in [0.05, 0.1) is 19.8 Å². The lowest BCUT2D eigenvalue weighted by atomic mass is 10.1. The number of carbonyl (C=O) groups excluding carboxylic acids is 3. The van der Waals surface area contributed by atoms with Crippen LogP contribution in [0, 0.1) is 0 Å². The van der Waals surface area contributed by atoms with Crippen LogP contribution < -0.4 is 0 Å². The van der Waals surface area contributed by atoms with Gasteiger partial charge < -0.3 is 24.2 Å². The van der Waals surface area contributed by atoms with Crippen molar-refractivity contribution in [1.29, 1.82) is 0 Å².